The van der Waals surface area contributed by atoms with Crippen molar-refractivity contribution < 1.29 is 31.9 Å². The van der Waals surface area contributed by atoms with Gasteiger partial charge in [-0.05, 0) is 19.1 Å². The Morgan fingerprint density at radius 1 is 1.22 bits per heavy atom. The highest BCUT2D eigenvalue weighted by Gasteiger charge is 2.53. The summed E-state index contributed by atoms with van der Waals surface area (Å²) in [7, 11) is -4.07. The van der Waals surface area contributed by atoms with Gasteiger partial charge in [0.05, 0.1) is 30.8 Å². The van der Waals surface area contributed by atoms with Crippen LogP contribution in [0.4, 0.5) is 0 Å². The zero-order valence-electron chi connectivity index (χ0n) is 15.0. The monoisotopic (exact) mass is 400 g/mol. The third kappa shape index (κ3) is 4.03. The number of fused-ring (bicyclic) bond motifs is 2. The van der Waals surface area contributed by atoms with Gasteiger partial charge in [-0.3, -0.25) is 4.18 Å². The smallest absolute Gasteiger partial charge is 0.297 e. The number of rotatable bonds is 5. The first-order chi connectivity index (χ1) is 12.9. The molecule has 3 saturated heterocycles. The number of aryl methyl sites for hydroxylation is 1. The Hall–Kier alpha value is -1.11. The van der Waals surface area contributed by atoms with E-state index in [-0.39, 0.29) is 17.6 Å². The molecule has 1 aromatic carbocycles. The molecule has 0 amide bonds. The minimum absolute atomic E-state index is 0.0260. The highest BCUT2D eigenvalue weighted by atomic mass is 32.2. The summed E-state index contributed by atoms with van der Waals surface area (Å²) >= 11 is 0. The van der Waals surface area contributed by atoms with E-state index in [0.717, 1.165) is 5.56 Å². The van der Waals surface area contributed by atoms with Gasteiger partial charge in [-0.25, -0.2) is 10.4 Å². The van der Waals surface area contributed by atoms with Gasteiger partial charge in [0, 0.05) is 13.1 Å². The van der Waals surface area contributed by atoms with Crippen LogP contribution in [0.15, 0.2) is 29.2 Å². The topological polar surface area (TPSA) is 107 Å². The molecule has 27 heavy (non-hydrogen) atoms. The van der Waals surface area contributed by atoms with Crippen LogP contribution in [-0.4, -0.2) is 82.1 Å². The van der Waals surface area contributed by atoms with Crippen LogP contribution in [0.3, 0.4) is 0 Å². The lowest BCUT2D eigenvalue weighted by Gasteiger charge is -2.41. The van der Waals surface area contributed by atoms with Crippen molar-refractivity contribution in [3.05, 3.63) is 29.8 Å². The summed E-state index contributed by atoms with van der Waals surface area (Å²) in [5, 5.41) is 12.8. The zero-order chi connectivity index (χ0) is 19.0. The molecule has 150 valence electrons. The Labute approximate surface area is 158 Å². The second-order valence-electron chi connectivity index (χ2n) is 6.95. The van der Waals surface area contributed by atoms with Crippen LogP contribution in [-0.2, 0) is 28.5 Å². The number of aliphatic hydroxyl groups is 1. The molecule has 5 unspecified atom stereocenters. The maximum Gasteiger partial charge on any atom is 0.297 e. The number of hydrogen-bond donors (Lipinski definition) is 2. The Bertz CT molecular complexity index is 751. The summed E-state index contributed by atoms with van der Waals surface area (Å²) < 4.78 is 47.2. The Morgan fingerprint density at radius 2 is 1.93 bits per heavy atom. The Kier molecular flexibility index (Phi) is 5.50. The van der Waals surface area contributed by atoms with Gasteiger partial charge in [0.2, 0.25) is 0 Å². The number of aliphatic hydroxyl groups excluding tert-OH is 1. The Morgan fingerprint density at radius 3 is 2.63 bits per heavy atom. The van der Waals surface area contributed by atoms with Crippen LogP contribution in [0.2, 0.25) is 0 Å². The highest BCUT2D eigenvalue weighted by Crippen LogP contribution is 2.32. The molecular weight excluding hydrogens is 376 g/mol. The van der Waals surface area contributed by atoms with Gasteiger partial charge in [-0.2, -0.15) is 8.42 Å². The minimum Gasteiger partial charge on any atom is -0.388 e. The fourth-order valence-electron chi connectivity index (χ4n) is 3.46. The van der Waals surface area contributed by atoms with Gasteiger partial charge in [0.15, 0.2) is 12.4 Å². The molecule has 3 aliphatic heterocycles. The van der Waals surface area contributed by atoms with E-state index in [1.807, 2.05) is 11.9 Å². The summed E-state index contributed by atoms with van der Waals surface area (Å²) in [6.07, 6.45) is -3.57. The number of nitrogens with one attached hydrogen (secondary N) is 1. The van der Waals surface area contributed by atoms with Crippen molar-refractivity contribution in [1.29, 1.82) is 0 Å². The van der Waals surface area contributed by atoms with Crippen molar-refractivity contribution in [2.75, 3.05) is 32.9 Å². The van der Waals surface area contributed by atoms with Gasteiger partial charge in [-0.1, -0.05) is 17.7 Å². The van der Waals surface area contributed by atoms with E-state index in [4.69, 9.17) is 18.4 Å². The largest absolute Gasteiger partial charge is 0.388 e. The molecule has 10 heteroatoms. The maximum absolute atomic E-state index is 12.6. The van der Waals surface area contributed by atoms with E-state index in [1.165, 1.54) is 12.1 Å². The molecule has 5 atom stereocenters. The number of ether oxygens (including phenoxy) is 3. The third-order valence-corrected chi connectivity index (χ3v) is 6.32. The van der Waals surface area contributed by atoms with Gasteiger partial charge in [0.25, 0.3) is 10.1 Å². The molecule has 3 aliphatic rings. The molecule has 3 heterocycles. The van der Waals surface area contributed by atoms with Crippen molar-refractivity contribution in [3.63, 3.8) is 0 Å². The number of benzene rings is 1. The average molecular weight is 400 g/mol. The van der Waals surface area contributed by atoms with E-state index in [9.17, 15) is 13.5 Å². The first-order valence-electron chi connectivity index (χ1n) is 8.98. The van der Waals surface area contributed by atoms with E-state index in [2.05, 4.69) is 5.43 Å². The van der Waals surface area contributed by atoms with Gasteiger partial charge < -0.3 is 19.3 Å². The molecule has 9 nitrogen and oxygen atoms in total. The van der Waals surface area contributed by atoms with Crippen LogP contribution in [0, 0.1) is 6.92 Å². The fourth-order valence-corrected chi connectivity index (χ4v) is 4.54. The molecular formula is C17H24N2O7S. The summed E-state index contributed by atoms with van der Waals surface area (Å²) in [6, 6.07) is 5.79. The first kappa shape index (κ1) is 19.2. The lowest BCUT2D eigenvalue weighted by molar-refractivity contribution is -0.200. The standard InChI is InChI=1S/C17H24N2O7S/c1-11-2-4-12(5-3-11)27(21,22)26-16-15(20)14(13-10-24-17(16)25-13)18-19-6-8-23-9-7-19/h2-5,13-18,20H,6-10H2,1H3. The average Bonchev–Trinajstić information content (AvgIpc) is 3.10. The highest BCUT2D eigenvalue weighted by molar-refractivity contribution is 7.86. The van der Waals surface area contributed by atoms with Crippen LogP contribution in [0.1, 0.15) is 5.56 Å². The summed E-state index contributed by atoms with van der Waals surface area (Å²) in [5.74, 6) is 0. The van der Waals surface area contributed by atoms with Crippen LogP contribution in [0.25, 0.3) is 0 Å². The molecule has 3 fully saturated rings. The van der Waals surface area contributed by atoms with Crippen molar-refractivity contribution in [1.82, 2.24) is 10.4 Å². The normalized spacial score (nSPS) is 34.7. The van der Waals surface area contributed by atoms with E-state index in [0.29, 0.717) is 26.3 Å². The second-order valence-corrected chi connectivity index (χ2v) is 8.52. The predicted octanol–water partition coefficient (Wildman–Crippen LogP) is -0.610. The maximum atomic E-state index is 12.6. The number of hydrazine groups is 1. The van der Waals surface area contributed by atoms with Gasteiger partial charge >= 0.3 is 0 Å². The minimum atomic E-state index is -4.07. The predicted molar refractivity (Wildman–Crippen MR) is 93.2 cm³/mol. The lowest BCUT2D eigenvalue weighted by Crippen LogP contribution is -2.64. The van der Waals surface area contributed by atoms with Crippen LogP contribution < -0.4 is 5.43 Å². The molecule has 1 aromatic rings. The summed E-state index contributed by atoms with van der Waals surface area (Å²) in [4.78, 5) is 0.0260. The molecule has 0 aliphatic carbocycles. The fraction of sp³-hybridized carbons (Fsp3) is 0.647. The van der Waals surface area contributed by atoms with E-state index in [1.54, 1.807) is 12.1 Å². The molecule has 0 saturated carbocycles. The Balaban J connectivity index is 1.50. The lowest BCUT2D eigenvalue weighted by atomic mass is 9.99. The summed E-state index contributed by atoms with van der Waals surface area (Å²) in [5.41, 5.74) is 4.16. The quantitative estimate of drug-likeness (QED) is 0.626. The zero-order valence-corrected chi connectivity index (χ0v) is 15.8. The molecule has 2 N–H and O–H groups in total. The molecule has 4 rings (SSSR count). The summed E-state index contributed by atoms with van der Waals surface area (Å²) in [6.45, 7) is 4.61. The van der Waals surface area contributed by atoms with Crippen LogP contribution in [0.5, 0.6) is 0 Å². The number of nitrogens with zero attached hydrogens (tertiary/aromatic N) is 1. The van der Waals surface area contributed by atoms with Gasteiger partial charge in [0.1, 0.15) is 12.2 Å². The van der Waals surface area contributed by atoms with Crippen molar-refractivity contribution in [3.8, 4) is 0 Å². The first-order valence-corrected chi connectivity index (χ1v) is 10.4. The van der Waals surface area contributed by atoms with E-state index >= 15 is 0 Å². The van der Waals surface area contributed by atoms with Crippen molar-refractivity contribution in [2.24, 2.45) is 0 Å². The number of hydrogen-bond acceptors (Lipinski definition) is 9. The van der Waals surface area contributed by atoms with E-state index < -0.39 is 34.7 Å². The van der Waals surface area contributed by atoms with Gasteiger partial charge in [-0.15, -0.1) is 0 Å². The molecule has 0 spiro atoms. The third-order valence-electron chi connectivity index (χ3n) is 5.00. The second kappa shape index (κ2) is 7.72. The van der Waals surface area contributed by atoms with Crippen LogP contribution >= 0.6 is 0 Å². The molecule has 0 aromatic heterocycles. The van der Waals surface area contributed by atoms with Crippen molar-refractivity contribution >= 4 is 10.1 Å². The SMILES string of the molecule is Cc1ccc(S(=O)(=O)OC2C3OCC(O3)C(NN3CCOCC3)C2O)cc1. The number of morpholine rings is 1. The molecule has 2 bridgehead atoms. The molecule has 0 radical (unpaired) electrons. The van der Waals surface area contributed by atoms with Crippen molar-refractivity contribution in [2.45, 2.75) is 42.5 Å².